The minimum Gasteiger partial charge on any atom is -0.445 e. The minimum atomic E-state index is -3.00. The lowest BCUT2D eigenvalue weighted by Gasteiger charge is -2.38. The van der Waals surface area contributed by atoms with Gasteiger partial charge in [-0.15, -0.1) is 0 Å². The minimum absolute atomic E-state index is 0.00707. The fraction of sp³-hybridized carbons (Fsp3) is 0.600. The van der Waals surface area contributed by atoms with Crippen LogP contribution in [0.5, 0.6) is 0 Å². The van der Waals surface area contributed by atoms with Crippen LogP contribution in [0.3, 0.4) is 0 Å². The number of alkyl halides is 2. The Kier molecular flexibility index (Phi) is 5.50. The first kappa shape index (κ1) is 20.4. The van der Waals surface area contributed by atoms with Crippen molar-refractivity contribution in [3.05, 3.63) is 35.9 Å². The number of hydrogen-bond donors (Lipinski definition) is 0. The predicted molar refractivity (Wildman–Crippen MR) is 98.0 cm³/mol. The van der Waals surface area contributed by atoms with Gasteiger partial charge in [-0.2, -0.15) is 0 Å². The monoisotopic (exact) mass is 396 g/mol. The molecule has 2 aliphatic heterocycles. The van der Waals surface area contributed by atoms with Crippen LogP contribution in [-0.4, -0.2) is 59.2 Å². The summed E-state index contributed by atoms with van der Waals surface area (Å²) in [5.74, 6) is -3.99. The Morgan fingerprint density at radius 3 is 2.50 bits per heavy atom. The van der Waals surface area contributed by atoms with Gasteiger partial charge in [0.25, 0.3) is 5.92 Å². The summed E-state index contributed by atoms with van der Waals surface area (Å²) in [5, 5.41) is 0. The highest BCUT2D eigenvalue weighted by atomic mass is 19.3. The lowest BCUT2D eigenvalue weighted by Crippen LogP contribution is -2.53. The maximum atomic E-state index is 14.4. The number of amides is 2. The van der Waals surface area contributed by atoms with Gasteiger partial charge >= 0.3 is 12.2 Å². The maximum absolute atomic E-state index is 14.4. The first-order valence-corrected chi connectivity index (χ1v) is 9.40. The summed E-state index contributed by atoms with van der Waals surface area (Å²) in [4.78, 5) is 27.3. The van der Waals surface area contributed by atoms with Gasteiger partial charge in [-0.1, -0.05) is 30.3 Å². The Morgan fingerprint density at radius 1 is 1.18 bits per heavy atom. The molecule has 2 saturated heterocycles. The van der Waals surface area contributed by atoms with Crippen molar-refractivity contribution in [1.82, 2.24) is 9.80 Å². The zero-order chi connectivity index (χ0) is 20.5. The topological polar surface area (TPSA) is 59.1 Å². The number of rotatable bonds is 2. The molecule has 0 radical (unpaired) electrons. The molecule has 1 aromatic rings. The Labute approximate surface area is 163 Å². The van der Waals surface area contributed by atoms with Crippen LogP contribution in [-0.2, 0) is 16.1 Å². The Hall–Kier alpha value is -2.38. The van der Waals surface area contributed by atoms with E-state index in [0.29, 0.717) is 0 Å². The first-order valence-electron chi connectivity index (χ1n) is 9.40. The molecule has 6 nitrogen and oxygen atoms in total. The Morgan fingerprint density at radius 2 is 1.86 bits per heavy atom. The molecule has 0 bridgehead atoms. The molecule has 154 valence electrons. The molecule has 0 aromatic heterocycles. The average molecular weight is 396 g/mol. The third kappa shape index (κ3) is 4.54. The van der Waals surface area contributed by atoms with E-state index in [2.05, 4.69) is 0 Å². The van der Waals surface area contributed by atoms with E-state index < -0.39 is 42.2 Å². The highest BCUT2D eigenvalue weighted by Gasteiger charge is 2.58. The molecule has 2 amide bonds. The van der Waals surface area contributed by atoms with E-state index in [1.807, 2.05) is 30.3 Å². The summed E-state index contributed by atoms with van der Waals surface area (Å²) >= 11 is 0. The van der Waals surface area contributed by atoms with Crippen molar-refractivity contribution in [3.8, 4) is 0 Å². The predicted octanol–water partition coefficient (Wildman–Crippen LogP) is 3.90. The van der Waals surface area contributed by atoms with Gasteiger partial charge in [0.1, 0.15) is 12.2 Å². The molecule has 0 aliphatic carbocycles. The molecule has 0 unspecified atom stereocenters. The van der Waals surface area contributed by atoms with Crippen LogP contribution in [0.15, 0.2) is 30.3 Å². The summed E-state index contributed by atoms with van der Waals surface area (Å²) in [6, 6.07) is 8.43. The molecule has 0 N–H and O–H groups in total. The van der Waals surface area contributed by atoms with Gasteiger partial charge in [0.15, 0.2) is 0 Å². The number of carbonyl (C=O) groups excluding carboxylic acids is 2. The van der Waals surface area contributed by atoms with Crippen LogP contribution in [0.2, 0.25) is 0 Å². The summed E-state index contributed by atoms with van der Waals surface area (Å²) in [6.45, 7) is 4.65. The quantitative estimate of drug-likeness (QED) is 0.761. The number of carbonyl (C=O) groups is 2. The smallest absolute Gasteiger partial charge is 0.410 e. The number of fused-ring (bicyclic) bond motifs is 1. The van der Waals surface area contributed by atoms with Gasteiger partial charge in [-0.25, -0.2) is 18.4 Å². The Balaban J connectivity index is 1.65. The molecule has 2 atom stereocenters. The van der Waals surface area contributed by atoms with Gasteiger partial charge in [-0.3, -0.25) is 4.90 Å². The standard InChI is InChI=1S/C20H26F2N2O4/c1-19(2,3)28-18(26)24-13-20(21,22)15-9-10-23(11-16(15)24)17(25)27-12-14-7-5-4-6-8-14/h4-8,15-16H,9-13H2,1-3H3/t15-,16+/m0/s1. The van der Waals surface area contributed by atoms with Crippen LogP contribution in [0.4, 0.5) is 18.4 Å². The molecule has 2 fully saturated rings. The number of hydrogen-bond acceptors (Lipinski definition) is 4. The molecule has 1 aromatic carbocycles. The van der Waals surface area contributed by atoms with Gasteiger partial charge < -0.3 is 14.4 Å². The van der Waals surface area contributed by atoms with Crippen molar-refractivity contribution in [2.75, 3.05) is 19.6 Å². The van der Waals surface area contributed by atoms with Gasteiger partial charge in [0, 0.05) is 19.0 Å². The van der Waals surface area contributed by atoms with Crippen molar-refractivity contribution in [3.63, 3.8) is 0 Å². The number of halogens is 2. The number of nitrogens with zero attached hydrogens (tertiary/aromatic N) is 2. The number of ether oxygens (including phenoxy) is 2. The second-order valence-electron chi connectivity index (χ2n) is 8.32. The van der Waals surface area contributed by atoms with E-state index in [4.69, 9.17) is 9.47 Å². The van der Waals surface area contributed by atoms with Crippen molar-refractivity contribution in [1.29, 1.82) is 0 Å². The first-order chi connectivity index (χ1) is 13.1. The van der Waals surface area contributed by atoms with Crippen molar-refractivity contribution >= 4 is 12.2 Å². The SMILES string of the molecule is CC(C)(C)OC(=O)N1CC(F)(F)[C@H]2CCN(C(=O)OCc3ccccc3)C[C@H]21. The Bertz CT molecular complexity index is 721. The second kappa shape index (κ2) is 7.56. The van der Waals surface area contributed by atoms with Crippen LogP contribution in [0.1, 0.15) is 32.8 Å². The normalized spacial score (nSPS) is 23.9. The molecule has 0 saturated carbocycles. The lowest BCUT2D eigenvalue weighted by atomic mass is 9.90. The molecule has 2 heterocycles. The fourth-order valence-electron chi connectivity index (χ4n) is 3.70. The lowest BCUT2D eigenvalue weighted by molar-refractivity contribution is -0.0447. The number of likely N-dealkylation sites (tertiary alicyclic amines) is 2. The summed E-state index contributed by atoms with van der Waals surface area (Å²) < 4.78 is 39.5. The summed E-state index contributed by atoms with van der Waals surface area (Å²) in [7, 11) is 0. The molecule has 2 aliphatic rings. The summed E-state index contributed by atoms with van der Waals surface area (Å²) in [5.41, 5.74) is 0.0569. The molecular formula is C20H26F2N2O4. The zero-order valence-electron chi connectivity index (χ0n) is 16.4. The van der Waals surface area contributed by atoms with Gasteiger partial charge in [0.2, 0.25) is 0 Å². The highest BCUT2D eigenvalue weighted by molar-refractivity contribution is 5.71. The largest absolute Gasteiger partial charge is 0.445 e. The molecule has 3 rings (SSSR count). The molecule has 8 heteroatoms. The second-order valence-corrected chi connectivity index (χ2v) is 8.32. The van der Waals surface area contributed by atoms with E-state index in [1.54, 1.807) is 20.8 Å². The third-order valence-electron chi connectivity index (χ3n) is 5.00. The van der Waals surface area contributed by atoms with E-state index in [9.17, 15) is 18.4 Å². The van der Waals surface area contributed by atoms with Crippen molar-refractivity contribution in [2.45, 2.75) is 51.4 Å². The van der Waals surface area contributed by atoms with E-state index >= 15 is 0 Å². The van der Waals surface area contributed by atoms with Gasteiger partial charge in [-0.05, 0) is 32.8 Å². The van der Waals surface area contributed by atoms with Crippen LogP contribution < -0.4 is 0 Å². The van der Waals surface area contributed by atoms with Crippen LogP contribution >= 0.6 is 0 Å². The van der Waals surface area contributed by atoms with Crippen molar-refractivity contribution < 1.29 is 27.8 Å². The zero-order valence-corrected chi connectivity index (χ0v) is 16.4. The van der Waals surface area contributed by atoms with E-state index in [1.165, 1.54) is 4.90 Å². The van der Waals surface area contributed by atoms with E-state index in [0.717, 1.165) is 10.5 Å². The third-order valence-corrected chi connectivity index (χ3v) is 5.00. The number of benzene rings is 1. The molecule has 28 heavy (non-hydrogen) atoms. The molecular weight excluding hydrogens is 370 g/mol. The fourth-order valence-corrected chi connectivity index (χ4v) is 3.70. The maximum Gasteiger partial charge on any atom is 0.410 e. The average Bonchev–Trinajstić information content (AvgIpc) is 2.90. The highest BCUT2D eigenvalue weighted by Crippen LogP contribution is 2.43. The van der Waals surface area contributed by atoms with E-state index in [-0.39, 0.29) is 26.1 Å². The molecule has 0 spiro atoms. The number of piperidine rings is 1. The van der Waals surface area contributed by atoms with Crippen LogP contribution in [0.25, 0.3) is 0 Å². The van der Waals surface area contributed by atoms with Gasteiger partial charge in [0.05, 0.1) is 12.6 Å². The summed E-state index contributed by atoms with van der Waals surface area (Å²) in [6.07, 6.45) is -1.24. The van der Waals surface area contributed by atoms with Crippen molar-refractivity contribution in [2.24, 2.45) is 5.92 Å². The van der Waals surface area contributed by atoms with Crippen LogP contribution in [0, 0.1) is 5.92 Å².